The Kier molecular flexibility index (Phi) is 4.16. The molecule has 0 bridgehead atoms. The van der Waals surface area contributed by atoms with Crippen molar-refractivity contribution in [3.05, 3.63) is 81.1 Å². The summed E-state index contributed by atoms with van der Waals surface area (Å²) < 4.78 is 1.45. The SMILES string of the molecule is C=c1[nH]n(-c2ccccc2)c(=O)c1=CNc1ccc(C(C)=O)cc1. The zero-order chi connectivity index (χ0) is 17.1. The first-order valence-corrected chi connectivity index (χ1v) is 7.49. The number of carbonyl (C=O) groups excluding carboxylic acids is 1. The number of Topliss-reactive ketones (excluding diaryl/α,β-unsaturated/α-hetero) is 1. The number of H-pyrrole nitrogens is 1. The molecule has 0 aliphatic heterocycles. The molecule has 3 rings (SSSR count). The van der Waals surface area contributed by atoms with Crippen molar-refractivity contribution in [3.63, 3.8) is 0 Å². The summed E-state index contributed by atoms with van der Waals surface area (Å²) in [5.41, 5.74) is 2.00. The molecular formula is C19H17N3O2. The largest absolute Gasteiger partial charge is 0.361 e. The van der Waals surface area contributed by atoms with Crippen LogP contribution in [-0.4, -0.2) is 15.6 Å². The van der Waals surface area contributed by atoms with Gasteiger partial charge in [0.1, 0.15) is 0 Å². The van der Waals surface area contributed by atoms with Crippen LogP contribution in [0, 0.1) is 0 Å². The lowest BCUT2D eigenvalue weighted by molar-refractivity contribution is 0.101. The first kappa shape index (κ1) is 15.6. The standard InChI is InChI=1S/C19H17N3O2/c1-13-18(12-20-16-10-8-15(9-11-16)14(2)23)19(24)22(21-13)17-6-4-3-5-7-17/h3-12,20-21H,1H2,2H3. The summed E-state index contributed by atoms with van der Waals surface area (Å²) in [5.74, 6) is 0.0157. The Morgan fingerprint density at radius 1 is 1.12 bits per heavy atom. The number of benzene rings is 2. The average molecular weight is 319 g/mol. The molecule has 0 atom stereocenters. The molecule has 5 heteroatoms. The Labute approximate surface area is 138 Å². The number of hydrogen-bond acceptors (Lipinski definition) is 3. The fourth-order valence-electron chi connectivity index (χ4n) is 2.36. The lowest BCUT2D eigenvalue weighted by Gasteiger charge is -2.01. The Balaban J connectivity index is 1.94. The van der Waals surface area contributed by atoms with E-state index < -0.39 is 0 Å². The maximum Gasteiger partial charge on any atom is 0.280 e. The topological polar surface area (TPSA) is 66.9 Å². The molecule has 0 spiro atoms. The number of nitrogens with zero attached hydrogens (tertiary/aromatic N) is 1. The smallest absolute Gasteiger partial charge is 0.280 e. The van der Waals surface area contributed by atoms with Crippen LogP contribution in [0.4, 0.5) is 5.69 Å². The lowest BCUT2D eigenvalue weighted by atomic mass is 10.1. The van der Waals surface area contributed by atoms with Gasteiger partial charge < -0.3 is 5.32 Å². The molecule has 24 heavy (non-hydrogen) atoms. The third-order valence-electron chi connectivity index (χ3n) is 3.69. The summed E-state index contributed by atoms with van der Waals surface area (Å²) in [7, 11) is 0. The van der Waals surface area contributed by atoms with Crippen LogP contribution in [0.1, 0.15) is 17.3 Å². The zero-order valence-electron chi connectivity index (χ0n) is 13.2. The predicted molar refractivity (Wildman–Crippen MR) is 95.7 cm³/mol. The van der Waals surface area contributed by atoms with E-state index in [0.29, 0.717) is 16.1 Å². The van der Waals surface area contributed by atoms with Crippen molar-refractivity contribution in [2.75, 3.05) is 5.32 Å². The van der Waals surface area contributed by atoms with Crippen LogP contribution in [0.5, 0.6) is 0 Å². The summed E-state index contributed by atoms with van der Waals surface area (Å²) in [6, 6.07) is 16.4. The first-order valence-electron chi connectivity index (χ1n) is 7.49. The number of anilines is 1. The van der Waals surface area contributed by atoms with Crippen molar-refractivity contribution >= 4 is 24.2 Å². The molecule has 3 aromatic rings. The van der Waals surface area contributed by atoms with Gasteiger partial charge in [-0.15, -0.1) is 0 Å². The minimum atomic E-state index is -0.181. The molecular weight excluding hydrogens is 302 g/mol. The summed E-state index contributed by atoms with van der Waals surface area (Å²) >= 11 is 0. The minimum Gasteiger partial charge on any atom is -0.361 e. The molecule has 0 unspecified atom stereocenters. The average Bonchev–Trinajstić information content (AvgIpc) is 2.88. The van der Waals surface area contributed by atoms with E-state index >= 15 is 0 Å². The van der Waals surface area contributed by atoms with Gasteiger partial charge in [0.15, 0.2) is 5.78 Å². The van der Waals surface area contributed by atoms with E-state index in [9.17, 15) is 9.59 Å². The molecule has 0 radical (unpaired) electrons. The number of aromatic nitrogens is 2. The van der Waals surface area contributed by atoms with Crippen LogP contribution in [0.2, 0.25) is 0 Å². The van der Waals surface area contributed by atoms with Crippen LogP contribution in [-0.2, 0) is 0 Å². The van der Waals surface area contributed by atoms with Crippen molar-refractivity contribution < 1.29 is 4.79 Å². The molecule has 0 aliphatic carbocycles. The van der Waals surface area contributed by atoms with Gasteiger partial charge in [-0.1, -0.05) is 24.8 Å². The van der Waals surface area contributed by atoms with Crippen molar-refractivity contribution in [2.24, 2.45) is 0 Å². The van der Waals surface area contributed by atoms with Crippen LogP contribution >= 0.6 is 0 Å². The monoisotopic (exact) mass is 319 g/mol. The van der Waals surface area contributed by atoms with Crippen LogP contribution in [0.3, 0.4) is 0 Å². The number of hydrogen-bond donors (Lipinski definition) is 2. The Morgan fingerprint density at radius 3 is 2.42 bits per heavy atom. The molecule has 0 amide bonds. The van der Waals surface area contributed by atoms with E-state index in [-0.39, 0.29) is 11.3 Å². The summed E-state index contributed by atoms with van der Waals surface area (Å²) in [6.07, 6.45) is 1.61. The van der Waals surface area contributed by atoms with E-state index in [4.69, 9.17) is 0 Å². The fourth-order valence-corrected chi connectivity index (χ4v) is 2.36. The highest BCUT2D eigenvalue weighted by Crippen LogP contribution is 2.09. The highest BCUT2D eigenvalue weighted by molar-refractivity contribution is 5.94. The predicted octanol–water partition coefficient (Wildman–Crippen LogP) is 1.63. The number of nitrogens with one attached hydrogen (secondary N) is 2. The van der Waals surface area contributed by atoms with E-state index in [1.807, 2.05) is 30.3 Å². The summed E-state index contributed by atoms with van der Waals surface area (Å²) in [4.78, 5) is 23.8. The van der Waals surface area contributed by atoms with Gasteiger partial charge in [0, 0.05) is 17.5 Å². The van der Waals surface area contributed by atoms with Gasteiger partial charge in [-0.2, -0.15) is 0 Å². The lowest BCUT2D eigenvalue weighted by Crippen LogP contribution is -2.34. The second-order valence-electron chi connectivity index (χ2n) is 5.40. The van der Waals surface area contributed by atoms with Gasteiger partial charge >= 0.3 is 0 Å². The van der Waals surface area contributed by atoms with E-state index in [1.54, 1.807) is 30.5 Å². The van der Waals surface area contributed by atoms with Crippen LogP contribution < -0.4 is 21.4 Å². The molecule has 1 aromatic heterocycles. The fraction of sp³-hybridized carbons (Fsp3) is 0.0526. The van der Waals surface area contributed by atoms with Crippen molar-refractivity contribution in [2.45, 2.75) is 6.92 Å². The number of aromatic amines is 1. The van der Waals surface area contributed by atoms with Crippen molar-refractivity contribution in [3.8, 4) is 5.69 Å². The van der Waals surface area contributed by atoms with E-state index in [2.05, 4.69) is 17.0 Å². The summed E-state index contributed by atoms with van der Waals surface area (Å²) in [6.45, 7) is 5.41. The second kappa shape index (κ2) is 6.42. The zero-order valence-corrected chi connectivity index (χ0v) is 13.2. The van der Waals surface area contributed by atoms with Gasteiger partial charge in [0.25, 0.3) is 5.56 Å². The van der Waals surface area contributed by atoms with Gasteiger partial charge in [-0.05, 0) is 43.3 Å². The molecule has 0 saturated carbocycles. The van der Waals surface area contributed by atoms with E-state index in [0.717, 1.165) is 11.4 Å². The van der Waals surface area contributed by atoms with Gasteiger partial charge in [0.05, 0.1) is 16.3 Å². The number of para-hydroxylation sites is 1. The number of carbonyl (C=O) groups is 1. The van der Waals surface area contributed by atoms with Crippen LogP contribution in [0.15, 0.2) is 59.4 Å². The molecule has 0 saturated heterocycles. The van der Waals surface area contributed by atoms with E-state index in [1.165, 1.54) is 11.6 Å². The molecule has 5 nitrogen and oxygen atoms in total. The maximum atomic E-state index is 12.5. The van der Waals surface area contributed by atoms with Crippen molar-refractivity contribution in [1.29, 1.82) is 0 Å². The van der Waals surface area contributed by atoms with Crippen LogP contribution in [0.25, 0.3) is 18.5 Å². The molecule has 1 heterocycles. The van der Waals surface area contributed by atoms with Gasteiger partial charge in [0.2, 0.25) is 0 Å². The highest BCUT2D eigenvalue weighted by atomic mass is 16.1. The maximum absolute atomic E-state index is 12.5. The normalized spacial score (nSPS) is 11.5. The first-order chi connectivity index (χ1) is 11.6. The minimum absolute atomic E-state index is 0.0157. The van der Waals surface area contributed by atoms with Gasteiger partial charge in [-0.3, -0.25) is 14.7 Å². The molecule has 120 valence electrons. The number of rotatable bonds is 4. The third-order valence-corrected chi connectivity index (χ3v) is 3.69. The van der Waals surface area contributed by atoms with Gasteiger partial charge in [-0.25, -0.2) is 4.68 Å². The Bertz CT molecular complexity index is 1030. The number of ketones is 1. The molecule has 0 aliphatic rings. The molecule has 2 N–H and O–H groups in total. The molecule has 0 fully saturated rings. The summed E-state index contributed by atoms with van der Waals surface area (Å²) in [5, 5.41) is 7.01. The Morgan fingerprint density at radius 2 is 1.79 bits per heavy atom. The van der Waals surface area contributed by atoms with Crippen molar-refractivity contribution in [1.82, 2.24) is 9.78 Å². The Hall–Kier alpha value is -3.34. The molecule has 2 aromatic carbocycles. The second-order valence-corrected chi connectivity index (χ2v) is 5.40. The quantitative estimate of drug-likeness (QED) is 0.718. The third kappa shape index (κ3) is 3.05. The highest BCUT2D eigenvalue weighted by Gasteiger charge is 2.04.